The van der Waals surface area contributed by atoms with Crippen molar-refractivity contribution < 1.29 is 9.59 Å². The number of carbonyl (C=O) groups excluding carboxylic acids is 2. The van der Waals surface area contributed by atoms with Crippen LogP contribution in [0.5, 0.6) is 0 Å². The zero-order valence-electron chi connectivity index (χ0n) is 15.2. The monoisotopic (exact) mass is 362 g/mol. The Bertz CT molecular complexity index is 980. The molecule has 1 saturated heterocycles. The Morgan fingerprint density at radius 3 is 2.81 bits per heavy atom. The number of urea groups is 1. The second-order valence-electron chi connectivity index (χ2n) is 6.94. The average Bonchev–Trinajstić information content (AvgIpc) is 3.21. The number of H-pyrrole nitrogens is 1. The van der Waals surface area contributed by atoms with Crippen LogP contribution in [-0.4, -0.2) is 29.5 Å². The van der Waals surface area contributed by atoms with Crippen molar-refractivity contribution in [3.63, 3.8) is 0 Å². The predicted molar refractivity (Wildman–Crippen MR) is 106 cm³/mol. The van der Waals surface area contributed by atoms with E-state index in [-0.39, 0.29) is 18.0 Å². The zero-order valence-corrected chi connectivity index (χ0v) is 15.2. The Morgan fingerprint density at radius 2 is 2.00 bits per heavy atom. The Labute approximate surface area is 157 Å². The van der Waals surface area contributed by atoms with Crippen molar-refractivity contribution in [2.24, 2.45) is 0 Å². The predicted octanol–water partition coefficient (Wildman–Crippen LogP) is 3.08. The van der Waals surface area contributed by atoms with Gasteiger partial charge in [0.1, 0.15) is 0 Å². The number of nitrogens with zero attached hydrogens (tertiary/aromatic N) is 1. The Hall–Kier alpha value is -3.28. The first-order valence-corrected chi connectivity index (χ1v) is 9.06. The Balaban J connectivity index is 1.32. The summed E-state index contributed by atoms with van der Waals surface area (Å²) < 4.78 is 0. The molecule has 1 aliphatic heterocycles. The van der Waals surface area contributed by atoms with Crippen molar-refractivity contribution in [2.75, 3.05) is 11.4 Å². The number of aromatic nitrogens is 1. The molecule has 2 aromatic carbocycles. The molecular weight excluding hydrogens is 340 g/mol. The van der Waals surface area contributed by atoms with Gasteiger partial charge in [0.25, 0.3) is 0 Å². The van der Waals surface area contributed by atoms with Crippen LogP contribution in [0, 0.1) is 6.92 Å². The number of hydrogen-bond donors (Lipinski definition) is 3. The fraction of sp³-hybridized carbons (Fsp3) is 0.238. The third-order valence-corrected chi connectivity index (χ3v) is 4.80. The lowest BCUT2D eigenvalue weighted by molar-refractivity contribution is -0.117. The van der Waals surface area contributed by atoms with Crippen molar-refractivity contribution in [2.45, 2.75) is 25.9 Å². The lowest BCUT2D eigenvalue weighted by atomic mass is 10.1. The molecule has 1 fully saturated rings. The van der Waals surface area contributed by atoms with Gasteiger partial charge >= 0.3 is 6.03 Å². The van der Waals surface area contributed by atoms with Crippen LogP contribution in [0.25, 0.3) is 10.9 Å². The highest BCUT2D eigenvalue weighted by atomic mass is 16.2. The van der Waals surface area contributed by atoms with Gasteiger partial charge < -0.3 is 20.5 Å². The lowest BCUT2D eigenvalue weighted by Crippen LogP contribution is -2.43. The van der Waals surface area contributed by atoms with E-state index in [1.807, 2.05) is 49.4 Å². The van der Waals surface area contributed by atoms with E-state index in [2.05, 4.69) is 27.8 Å². The van der Waals surface area contributed by atoms with Gasteiger partial charge in [-0.25, -0.2) is 4.79 Å². The summed E-state index contributed by atoms with van der Waals surface area (Å²) in [5, 5.41) is 6.91. The van der Waals surface area contributed by atoms with Crippen molar-refractivity contribution in [1.29, 1.82) is 0 Å². The highest BCUT2D eigenvalue weighted by Crippen LogP contribution is 2.21. The largest absolute Gasteiger partial charge is 0.359 e. The molecule has 3 aromatic rings. The van der Waals surface area contributed by atoms with E-state index in [1.165, 1.54) is 0 Å². The number of rotatable bonds is 4. The molecule has 1 aromatic heterocycles. The topological polar surface area (TPSA) is 77.2 Å². The summed E-state index contributed by atoms with van der Waals surface area (Å²) in [5.41, 5.74) is 4.10. The third-order valence-electron chi connectivity index (χ3n) is 4.80. The van der Waals surface area contributed by atoms with Crippen LogP contribution in [0.1, 0.15) is 17.7 Å². The highest BCUT2D eigenvalue weighted by Gasteiger charge is 2.31. The maximum atomic E-state index is 12.2. The summed E-state index contributed by atoms with van der Waals surface area (Å²) in [7, 11) is 0. The first-order chi connectivity index (χ1) is 13.1. The first-order valence-electron chi connectivity index (χ1n) is 9.06. The van der Waals surface area contributed by atoms with Gasteiger partial charge in [0.2, 0.25) is 5.91 Å². The normalized spacial score (nSPS) is 16.7. The number of benzene rings is 2. The molecule has 0 radical (unpaired) electrons. The summed E-state index contributed by atoms with van der Waals surface area (Å²) in [6.07, 6.45) is 0.316. The molecule has 3 N–H and O–H groups in total. The number of amides is 3. The van der Waals surface area contributed by atoms with E-state index in [4.69, 9.17) is 0 Å². The molecule has 0 bridgehead atoms. The summed E-state index contributed by atoms with van der Waals surface area (Å²) >= 11 is 0. The number of anilines is 1. The van der Waals surface area contributed by atoms with Crippen LogP contribution in [0.2, 0.25) is 0 Å². The second kappa shape index (κ2) is 7.15. The Kier molecular flexibility index (Phi) is 4.54. The minimum Gasteiger partial charge on any atom is -0.359 e. The summed E-state index contributed by atoms with van der Waals surface area (Å²) in [6, 6.07) is 17.2. The molecule has 6 heteroatoms. The maximum Gasteiger partial charge on any atom is 0.315 e. The van der Waals surface area contributed by atoms with Gasteiger partial charge in [0.15, 0.2) is 0 Å². The number of para-hydroxylation sites is 1. The van der Waals surface area contributed by atoms with Crippen LogP contribution in [0.15, 0.2) is 54.6 Å². The molecule has 4 rings (SSSR count). The number of aryl methyl sites for hydroxylation is 1. The SMILES string of the molecule is Cc1cc2cc(CNC(=O)NC3CC(=O)N(c4ccccc4)C3)ccc2[nH]1. The smallest absolute Gasteiger partial charge is 0.315 e. The number of carbonyl (C=O) groups is 2. The molecule has 6 nitrogen and oxygen atoms in total. The van der Waals surface area contributed by atoms with Gasteiger partial charge in [-0.2, -0.15) is 0 Å². The van der Waals surface area contributed by atoms with E-state index in [0.717, 1.165) is 27.8 Å². The standard InChI is InChI=1S/C21H22N4O2/c1-14-9-16-10-15(7-8-19(16)23-14)12-22-21(27)24-17-11-20(26)25(13-17)18-5-3-2-4-6-18/h2-10,17,23H,11-13H2,1H3,(H2,22,24,27). The quantitative estimate of drug-likeness (QED) is 0.667. The molecule has 0 aliphatic carbocycles. The second-order valence-corrected chi connectivity index (χ2v) is 6.94. The van der Waals surface area contributed by atoms with Gasteiger partial charge in [0, 0.05) is 36.4 Å². The highest BCUT2D eigenvalue weighted by molar-refractivity contribution is 5.96. The van der Waals surface area contributed by atoms with Crippen LogP contribution in [0.4, 0.5) is 10.5 Å². The molecule has 1 unspecified atom stereocenters. The van der Waals surface area contributed by atoms with Crippen LogP contribution in [-0.2, 0) is 11.3 Å². The molecule has 0 saturated carbocycles. The molecular formula is C21H22N4O2. The molecule has 3 amide bonds. The Morgan fingerprint density at radius 1 is 1.19 bits per heavy atom. The van der Waals surface area contributed by atoms with Crippen molar-refractivity contribution in [1.82, 2.24) is 15.6 Å². The lowest BCUT2D eigenvalue weighted by Gasteiger charge is -2.17. The summed E-state index contributed by atoms with van der Waals surface area (Å²) in [6.45, 7) is 2.95. The molecule has 0 spiro atoms. The van der Waals surface area contributed by atoms with Gasteiger partial charge in [-0.05, 0) is 48.2 Å². The summed E-state index contributed by atoms with van der Waals surface area (Å²) in [5.74, 6) is 0.0276. The minimum atomic E-state index is -0.256. The molecule has 1 aliphatic rings. The van der Waals surface area contributed by atoms with Crippen LogP contribution < -0.4 is 15.5 Å². The van der Waals surface area contributed by atoms with Gasteiger partial charge in [-0.15, -0.1) is 0 Å². The van der Waals surface area contributed by atoms with E-state index >= 15 is 0 Å². The van der Waals surface area contributed by atoms with Gasteiger partial charge in [-0.1, -0.05) is 24.3 Å². The fourth-order valence-electron chi connectivity index (χ4n) is 3.52. The number of hydrogen-bond acceptors (Lipinski definition) is 2. The number of nitrogens with one attached hydrogen (secondary N) is 3. The van der Waals surface area contributed by atoms with E-state index in [0.29, 0.717) is 19.5 Å². The van der Waals surface area contributed by atoms with Crippen molar-refractivity contribution in [3.8, 4) is 0 Å². The average molecular weight is 362 g/mol. The minimum absolute atomic E-state index is 0.0276. The number of aromatic amines is 1. The van der Waals surface area contributed by atoms with Crippen LogP contribution in [0.3, 0.4) is 0 Å². The van der Waals surface area contributed by atoms with E-state index in [9.17, 15) is 9.59 Å². The van der Waals surface area contributed by atoms with E-state index < -0.39 is 0 Å². The van der Waals surface area contributed by atoms with Gasteiger partial charge in [-0.3, -0.25) is 4.79 Å². The fourth-order valence-corrected chi connectivity index (χ4v) is 3.52. The summed E-state index contributed by atoms with van der Waals surface area (Å²) in [4.78, 5) is 29.5. The van der Waals surface area contributed by atoms with Crippen molar-refractivity contribution in [3.05, 3.63) is 65.9 Å². The van der Waals surface area contributed by atoms with Crippen LogP contribution >= 0.6 is 0 Å². The molecule has 1 atom stereocenters. The number of fused-ring (bicyclic) bond motifs is 1. The zero-order chi connectivity index (χ0) is 18.8. The third kappa shape index (κ3) is 3.79. The van der Waals surface area contributed by atoms with Crippen molar-refractivity contribution >= 4 is 28.5 Å². The molecule has 27 heavy (non-hydrogen) atoms. The molecule has 2 heterocycles. The van der Waals surface area contributed by atoms with Gasteiger partial charge in [0.05, 0.1) is 6.04 Å². The first kappa shape index (κ1) is 17.1. The molecule has 138 valence electrons. The maximum absolute atomic E-state index is 12.2. The van der Waals surface area contributed by atoms with E-state index in [1.54, 1.807) is 4.90 Å².